The van der Waals surface area contributed by atoms with Gasteiger partial charge in [-0.15, -0.1) is 0 Å². The monoisotopic (exact) mass is 366 g/mol. The zero-order chi connectivity index (χ0) is 16.3. The fraction of sp³-hybridized carbons (Fsp3) is 0.375. The lowest BCUT2D eigenvalue weighted by Gasteiger charge is -2.34. The van der Waals surface area contributed by atoms with E-state index in [0.717, 1.165) is 22.2 Å². The van der Waals surface area contributed by atoms with Gasteiger partial charge in [-0.1, -0.05) is 22.5 Å². The summed E-state index contributed by atoms with van der Waals surface area (Å²) >= 11 is 3.45. The Hall–Kier alpha value is -1.82. The summed E-state index contributed by atoms with van der Waals surface area (Å²) in [6, 6.07) is 5.74. The number of amides is 2. The van der Waals surface area contributed by atoms with Crippen LogP contribution in [0.2, 0.25) is 0 Å². The first kappa shape index (κ1) is 16.5. The summed E-state index contributed by atoms with van der Waals surface area (Å²) in [5.41, 5.74) is 0.981. The average Bonchev–Trinajstić information content (AvgIpc) is 2.52. The Balaban J connectivity index is 2.15. The zero-order valence-corrected chi connectivity index (χ0v) is 14.3. The number of ether oxygens (including phenoxy) is 1. The van der Waals surface area contributed by atoms with Crippen molar-refractivity contribution in [2.24, 2.45) is 0 Å². The Morgan fingerprint density at radius 2 is 2.18 bits per heavy atom. The van der Waals surface area contributed by atoms with Crippen LogP contribution < -0.4 is 4.74 Å². The van der Waals surface area contributed by atoms with Crippen molar-refractivity contribution in [2.45, 2.75) is 12.5 Å². The normalized spacial score (nSPS) is 16.2. The number of rotatable bonds is 4. The highest BCUT2D eigenvalue weighted by molar-refractivity contribution is 9.10. The Bertz CT molecular complexity index is 603. The molecule has 0 saturated heterocycles. The zero-order valence-electron chi connectivity index (χ0n) is 12.7. The molecule has 0 N–H and O–H groups in total. The van der Waals surface area contributed by atoms with Gasteiger partial charge >= 0.3 is 0 Å². The van der Waals surface area contributed by atoms with E-state index in [1.165, 1.54) is 11.0 Å². The maximum Gasteiger partial charge on any atom is 0.246 e. The van der Waals surface area contributed by atoms with Crippen LogP contribution in [0.5, 0.6) is 5.75 Å². The highest BCUT2D eigenvalue weighted by Gasteiger charge is 2.28. The van der Waals surface area contributed by atoms with E-state index in [1.54, 1.807) is 19.0 Å². The molecule has 0 radical (unpaired) electrons. The lowest BCUT2D eigenvalue weighted by atomic mass is 9.99. The van der Waals surface area contributed by atoms with Crippen molar-refractivity contribution in [3.05, 3.63) is 40.9 Å². The number of nitrogens with zero attached hydrogens (tertiary/aromatic N) is 2. The van der Waals surface area contributed by atoms with E-state index >= 15 is 0 Å². The second-order valence-corrected chi connectivity index (χ2v) is 6.15. The second kappa shape index (κ2) is 6.96. The van der Waals surface area contributed by atoms with E-state index in [-0.39, 0.29) is 24.4 Å². The summed E-state index contributed by atoms with van der Waals surface area (Å²) in [6.45, 7) is 4.02. The van der Waals surface area contributed by atoms with E-state index in [2.05, 4.69) is 22.5 Å². The molecule has 118 valence electrons. The lowest BCUT2D eigenvalue weighted by molar-refractivity contribution is -0.138. The molecule has 1 aromatic rings. The number of fused-ring (bicyclic) bond motifs is 1. The molecule has 0 aromatic heterocycles. The van der Waals surface area contributed by atoms with Crippen LogP contribution in [-0.2, 0) is 9.59 Å². The first-order chi connectivity index (χ1) is 10.4. The van der Waals surface area contributed by atoms with Gasteiger partial charge in [-0.3, -0.25) is 9.59 Å². The van der Waals surface area contributed by atoms with Crippen molar-refractivity contribution in [1.82, 2.24) is 9.80 Å². The minimum absolute atomic E-state index is 0.0298. The SMILES string of the molecule is C=CC(=O)N(C)CC(=O)N(C)C1CCOc2ccc(Br)cc21. The van der Waals surface area contributed by atoms with Gasteiger partial charge in [0.15, 0.2) is 0 Å². The van der Waals surface area contributed by atoms with E-state index < -0.39 is 0 Å². The van der Waals surface area contributed by atoms with Crippen LogP contribution in [0.25, 0.3) is 0 Å². The first-order valence-corrected chi connectivity index (χ1v) is 7.78. The van der Waals surface area contributed by atoms with Gasteiger partial charge in [0.25, 0.3) is 0 Å². The van der Waals surface area contributed by atoms with E-state index in [9.17, 15) is 9.59 Å². The number of hydrogen-bond donors (Lipinski definition) is 0. The third-order valence-corrected chi connectivity index (χ3v) is 4.26. The molecule has 2 amide bonds. The van der Waals surface area contributed by atoms with Crippen LogP contribution in [0.4, 0.5) is 0 Å². The molecule has 0 aliphatic carbocycles. The van der Waals surface area contributed by atoms with Crippen LogP contribution in [-0.4, -0.2) is 48.9 Å². The van der Waals surface area contributed by atoms with Gasteiger partial charge in [-0.05, 0) is 24.3 Å². The second-order valence-electron chi connectivity index (χ2n) is 5.24. The Morgan fingerprint density at radius 3 is 2.86 bits per heavy atom. The highest BCUT2D eigenvalue weighted by Crippen LogP contribution is 2.37. The van der Waals surface area contributed by atoms with Crippen molar-refractivity contribution >= 4 is 27.7 Å². The van der Waals surface area contributed by atoms with Crippen LogP contribution in [0, 0.1) is 0 Å². The number of carbonyl (C=O) groups excluding carboxylic acids is 2. The summed E-state index contributed by atoms with van der Waals surface area (Å²) in [6.07, 6.45) is 1.93. The third-order valence-electron chi connectivity index (χ3n) is 3.76. The number of carbonyl (C=O) groups is 2. The van der Waals surface area contributed by atoms with Crippen molar-refractivity contribution in [3.63, 3.8) is 0 Å². The number of hydrogen-bond acceptors (Lipinski definition) is 3. The Morgan fingerprint density at radius 1 is 1.45 bits per heavy atom. The van der Waals surface area contributed by atoms with E-state index in [4.69, 9.17) is 4.74 Å². The van der Waals surface area contributed by atoms with Crippen molar-refractivity contribution in [1.29, 1.82) is 0 Å². The maximum atomic E-state index is 12.4. The number of benzene rings is 1. The molecule has 2 rings (SSSR count). The van der Waals surface area contributed by atoms with Crippen molar-refractivity contribution < 1.29 is 14.3 Å². The summed E-state index contributed by atoms with van der Waals surface area (Å²) in [5.74, 6) is 0.419. The van der Waals surface area contributed by atoms with Crippen LogP contribution in [0.3, 0.4) is 0 Å². The molecule has 1 heterocycles. The molecule has 22 heavy (non-hydrogen) atoms. The molecule has 5 nitrogen and oxygen atoms in total. The molecule has 6 heteroatoms. The lowest BCUT2D eigenvalue weighted by Crippen LogP contribution is -2.41. The molecule has 0 fully saturated rings. The summed E-state index contributed by atoms with van der Waals surface area (Å²) < 4.78 is 6.58. The first-order valence-electron chi connectivity index (χ1n) is 6.99. The number of halogens is 1. The summed E-state index contributed by atoms with van der Waals surface area (Å²) in [5, 5.41) is 0. The van der Waals surface area contributed by atoms with Gasteiger partial charge in [0.05, 0.1) is 19.2 Å². The van der Waals surface area contributed by atoms with Gasteiger partial charge in [0.1, 0.15) is 5.75 Å². The fourth-order valence-electron chi connectivity index (χ4n) is 2.47. The minimum Gasteiger partial charge on any atom is -0.493 e. The van der Waals surface area contributed by atoms with Gasteiger partial charge < -0.3 is 14.5 Å². The summed E-state index contributed by atoms with van der Waals surface area (Å²) in [4.78, 5) is 26.9. The van der Waals surface area contributed by atoms with Gasteiger partial charge in [0.2, 0.25) is 11.8 Å². The predicted molar refractivity (Wildman–Crippen MR) is 87.6 cm³/mol. The van der Waals surface area contributed by atoms with Crippen LogP contribution >= 0.6 is 15.9 Å². The van der Waals surface area contributed by atoms with Crippen molar-refractivity contribution in [2.75, 3.05) is 27.2 Å². The van der Waals surface area contributed by atoms with Gasteiger partial charge in [-0.2, -0.15) is 0 Å². The molecule has 1 atom stereocenters. The summed E-state index contributed by atoms with van der Waals surface area (Å²) in [7, 11) is 3.35. The standard InChI is InChI=1S/C16H19BrN2O3/c1-4-15(20)18(2)10-16(21)19(3)13-7-8-22-14-6-5-11(17)9-12(13)14/h4-6,9,13H,1,7-8,10H2,2-3H3. The molecule has 1 unspecified atom stereocenters. The van der Waals surface area contributed by atoms with Crippen molar-refractivity contribution in [3.8, 4) is 5.75 Å². The molecule has 1 aliphatic rings. The third kappa shape index (κ3) is 3.50. The minimum atomic E-state index is -0.267. The smallest absolute Gasteiger partial charge is 0.246 e. The van der Waals surface area contributed by atoms with Gasteiger partial charge in [0, 0.05) is 30.6 Å². The molecule has 1 aliphatic heterocycles. The van der Waals surface area contributed by atoms with Crippen LogP contribution in [0.1, 0.15) is 18.0 Å². The van der Waals surface area contributed by atoms with Gasteiger partial charge in [-0.25, -0.2) is 0 Å². The largest absolute Gasteiger partial charge is 0.493 e. The van der Waals surface area contributed by atoms with E-state index in [0.29, 0.717) is 6.61 Å². The average molecular weight is 367 g/mol. The molecule has 0 saturated carbocycles. The van der Waals surface area contributed by atoms with E-state index in [1.807, 2.05) is 18.2 Å². The Kier molecular flexibility index (Phi) is 5.24. The fourth-order valence-corrected chi connectivity index (χ4v) is 2.85. The topological polar surface area (TPSA) is 49.9 Å². The number of likely N-dealkylation sites (N-methyl/N-ethyl adjacent to an activating group) is 2. The predicted octanol–water partition coefficient (Wildman–Crippen LogP) is 2.38. The molecule has 1 aromatic carbocycles. The molecule has 0 spiro atoms. The molecular formula is C16H19BrN2O3. The quantitative estimate of drug-likeness (QED) is 0.768. The molecular weight excluding hydrogens is 348 g/mol. The highest BCUT2D eigenvalue weighted by atomic mass is 79.9. The Labute approximate surface area is 138 Å². The maximum absolute atomic E-state index is 12.4. The molecule has 0 bridgehead atoms. The van der Waals surface area contributed by atoms with Crippen LogP contribution in [0.15, 0.2) is 35.3 Å².